The number of ether oxygens (including phenoxy) is 2. The Morgan fingerprint density at radius 2 is 1.80 bits per heavy atom. The SMILES string of the molecule is COCCOCCNCCCCC(=O)NCCOOC. The van der Waals surface area contributed by atoms with Crippen molar-refractivity contribution < 1.29 is 24.0 Å². The van der Waals surface area contributed by atoms with Gasteiger partial charge in [-0.2, -0.15) is 0 Å². The number of carbonyl (C=O) groups excluding carboxylic acids is 1. The zero-order valence-electron chi connectivity index (χ0n) is 12.6. The summed E-state index contributed by atoms with van der Waals surface area (Å²) in [5, 5.41) is 6.01. The monoisotopic (exact) mass is 292 g/mol. The maximum absolute atomic E-state index is 11.4. The van der Waals surface area contributed by atoms with E-state index in [1.54, 1.807) is 7.11 Å². The Labute approximate surface area is 121 Å². The summed E-state index contributed by atoms with van der Waals surface area (Å²) >= 11 is 0. The minimum absolute atomic E-state index is 0.0487. The first-order valence-electron chi connectivity index (χ1n) is 7.01. The van der Waals surface area contributed by atoms with E-state index in [-0.39, 0.29) is 5.91 Å². The van der Waals surface area contributed by atoms with Gasteiger partial charge in [-0.3, -0.25) is 4.79 Å². The highest BCUT2D eigenvalue weighted by Gasteiger charge is 2.00. The van der Waals surface area contributed by atoms with E-state index >= 15 is 0 Å². The maximum atomic E-state index is 11.4. The lowest BCUT2D eigenvalue weighted by Gasteiger charge is -2.06. The van der Waals surface area contributed by atoms with E-state index in [1.165, 1.54) is 7.11 Å². The van der Waals surface area contributed by atoms with Crippen LogP contribution in [0.1, 0.15) is 19.3 Å². The predicted octanol–water partition coefficient (Wildman–Crippen LogP) is 0.104. The average Bonchev–Trinajstić information content (AvgIpc) is 2.45. The molecule has 0 aromatic rings. The van der Waals surface area contributed by atoms with Crippen molar-refractivity contribution in [3.8, 4) is 0 Å². The van der Waals surface area contributed by atoms with Crippen LogP contribution in [0.15, 0.2) is 0 Å². The Balaban J connectivity index is 3.09. The molecule has 0 aliphatic carbocycles. The van der Waals surface area contributed by atoms with Crippen LogP contribution in [0.5, 0.6) is 0 Å². The zero-order chi connectivity index (χ0) is 14.9. The summed E-state index contributed by atoms with van der Waals surface area (Å²) in [5.74, 6) is 0.0487. The first kappa shape index (κ1) is 19.3. The van der Waals surface area contributed by atoms with E-state index in [0.717, 1.165) is 25.9 Å². The molecule has 0 aromatic heterocycles. The molecule has 20 heavy (non-hydrogen) atoms. The Morgan fingerprint density at radius 3 is 2.55 bits per heavy atom. The molecule has 120 valence electrons. The van der Waals surface area contributed by atoms with Crippen molar-refractivity contribution >= 4 is 5.91 Å². The van der Waals surface area contributed by atoms with Gasteiger partial charge < -0.3 is 20.1 Å². The summed E-state index contributed by atoms with van der Waals surface area (Å²) in [6.45, 7) is 4.51. The number of methoxy groups -OCH3 is 1. The number of carbonyl (C=O) groups is 1. The topological polar surface area (TPSA) is 78.1 Å². The molecule has 0 fully saturated rings. The van der Waals surface area contributed by atoms with Crippen molar-refractivity contribution in [3.05, 3.63) is 0 Å². The van der Waals surface area contributed by atoms with Crippen LogP contribution in [0.3, 0.4) is 0 Å². The molecular formula is C13H28N2O5. The molecule has 0 radical (unpaired) electrons. The van der Waals surface area contributed by atoms with E-state index in [4.69, 9.17) is 9.47 Å². The fourth-order valence-corrected chi connectivity index (χ4v) is 1.45. The van der Waals surface area contributed by atoms with Gasteiger partial charge in [-0.25, -0.2) is 9.78 Å². The second-order valence-corrected chi connectivity index (χ2v) is 4.15. The van der Waals surface area contributed by atoms with Crippen molar-refractivity contribution in [3.63, 3.8) is 0 Å². The molecule has 7 heteroatoms. The maximum Gasteiger partial charge on any atom is 0.220 e. The smallest absolute Gasteiger partial charge is 0.220 e. The van der Waals surface area contributed by atoms with Gasteiger partial charge in [-0.1, -0.05) is 0 Å². The van der Waals surface area contributed by atoms with Gasteiger partial charge in [-0.15, -0.1) is 0 Å². The summed E-state index contributed by atoms with van der Waals surface area (Å²) in [5.41, 5.74) is 0. The van der Waals surface area contributed by atoms with Crippen molar-refractivity contribution in [2.45, 2.75) is 19.3 Å². The van der Waals surface area contributed by atoms with Crippen LogP contribution in [0.2, 0.25) is 0 Å². The van der Waals surface area contributed by atoms with Gasteiger partial charge >= 0.3 is 0 Å². The fraction of sp³-hybridized carbons (Fsp3) is 0.923. The van der Waals surface area contributed by atoms with E-state index in [1.807, 2.05) is 0 Å². The lowest BCUT2D eigenvalue weighted by Crippen LogP contribution is -2.27. The third-order valence-corrected chi connectivity index (χ3v) is 2.49. The molecule has 2 N–H and O–H groups in total. The summed E-state index contributed by atoms with van der Waals surface area (Å²) in [7, 11) is 3.10. The number of hydrogen-bond donors (Lipinski definition) is 2. The average molecular weight is 292 g/mol. The largest absolute Gasteiger partial charge is 0.382 e. The minimum atomic E-state index is 0.0487. The quantitative estimate of drug-likeness (QED) is 0.253. The van der Waals surface area contributed by atoms with Gasteiger partial charge in [0.2, 0.25) is 5.91 Å². The van der Waals surface area contributed by atoms with E-state index in [2.05, 4.69) is 20.4 Å². The summed E-state index contributed by atoms with van der Waals surface area (Å²) < 4.78 is 10.2. The Morgan fingerprint density at radius 1 is 0.950 bits per heavy atom. The second kappa shape index (κ2) is 16.3. The first-order valence-corrected chi connectivity index (χ1v) is 7.01. The van der Waals surface area contributed by atoms with Crippen LogP contribution < -0.4 is 10.6 Å². The minimum Gasteiger partial charge on any atom is -0.382 e. The number of nitrogens with one attached hydrogen (secondary N) is 2. The Bertz CT molecular complexity index is 217. The zero-order valence-corrected chi connectivity index (χ0v) is 12.6. The van der Waals surface area contributed by atoms with Crippen LogP contribution in [-0.4, -0.2) is 66.2 Å². The number of unbranched alkanes of at least 4 members (excludes halogenated alkanes) is 1. The molecule has 0 saturated heterocycles. The van der Waals surface area contributed by atoms with E-state index < -0.39 is 0 Å². The van der Waals surface area contributed by atoms with Gasteiger partial charge in [0, 0.05) is 26.6 Å². The lowest BCUT2D eigenvalue weighted by atomic mass is 10.2. The van der Waals surface area contributed by atoms with Crippen molar-refractivity contribution in [1.29, 1.82) is 0 Å². The Hall–Kier alpha value is -0.730. The highest BCUT2D eigenvalue weighted by Crippen LogP contribution is 1.93. The lowest BCUT2D eigenvalue weighted by molar-refractivity contribution is -0.270. The summed E-state index contributed by atoms with van der Waals surface area (Å²) in [6, 6.07) is 0. The third-order valence-electron chi connectivity index (χ3n) is 2.49. The highest BCUT2D eigenvalue weighted by molar-refractivity contribution is 5.75. The molecule has 0 unspecified atom stereocenters. The predicted molar refractivity (Wildman–Crippen MR) is 75.4 cm³/mol. The van der Waals surface area contributed by atoms with E-state index in [0.29, 0.717) is 39.4 Å². The normalized spacial score (nSPS) is 10.7. The molecule has 0 bridgehead atoms. The molecule has 0 aliphatic rings. The molecule has 0 heterocycles. The van der Waals surface area contributed by atoms with Crippen LogP contribution in [0, 0.1) is 0 Å². The molecular weight excluding hydrogens is 264 g/mol. The fourth-order valence-electron chi connectivity index (χ4n) is 1.45. The van der Waals surface area contributed by atoms with Crippen LogP contribution >= 0.6 is 0 Å². The summed E-state index contributed by atoms with van der Waals surface area (Å²) in [4.78, 5) is 20.4. The molecule has 0 spiro atoms. The second-order valence-electron chi connectivity index (χ2n) is 4.15. The van der Waals surface area contributed by atoms with Crippen molar-refractivity contribution in [2.24, 2.45) is 0 Å². The van der Waals surface area contributed by atoms with Gasteiger partial charge in [0.05, 0.1) is 33.5 Å². The van der Waals surface area contributed by atoms with Crippen LogP contribution in [0.4, 0.5) is 0 Å². The van der Waals surface area contributed by atoms with Gasteiger partial charge in [-0.05, 0) is 19.4 Å². The molecule has 0 atom stereocenters. The van der Waals surface area contributed by atoms with Crippen molar-refractivity contribution in [1.82, 2.24) is 10.6 Å². The molecule has 0 aliphatic heterocycles. The number of hydrogen-bond acceptors (Lipinski definition) is 6. The molecule has 0 saturated carbocycles. The van der Waals surface area contributed by atoms with Gasteiger partial charge in [0.1, 0.15) is 0 Å². The highest BCUT2D eigenvalue weighted by atomic mass is 17.2. The van der Waals surface area contributed by atoms with Gasteiger partial charge in [0.25, 0.3) is 0 Å². The van der Waals surface area contributed by atoms with Crippen LogP contribution in [0.25, 0.3) is 0 Å². The first-order chi connectivity index (χ1) is 9.81. The number of rotatable bonds is 15. The molecule has 1 amide bonds. The van der Waals surface area contributed by atoms with E-state index in [9.17, 15) is 4.79 Å². The third kappa shape index (κ3) is 15.3. The Kier molecular flexibility index (Phi) is 15.7. The number of amides is 1. The standard InChI is InChI=1S/C13H28N2O5/c1-17-11-12-19-9-7-14-6-4-3-5-13(16)15-8-10-20-18-2/h14H,3-12H2,1-2H3,(H,15,16). The van der Waals surface area contributed by atoms with Crippen molar-refractivity contribution in [2.75, 3.05) is 60.3 Å². The summed E-state index contributed by atoms with van der Waals surface area (Å²) in [6.07, 6.45) is 2.38. The molecule has 7 nitrogen and oxygen atoms in total. The van der Waals surface area contributed by atoms with Crippen LogP contribution in [-0.2, 0) is 24.0 Å². The van der Waals surface area contributed by atoms with Gasteiger partial charge in [0.15, 0.2) is 0 Å². The molecule has 0 rings (SSSR count). The molecule has 0 aromatic carbocycles.